The lowest BCUT2D eigenvalue weighted by molar-refractivity contribution is -0.127. The Hall–Kier alpha value is -2.16. The number of aromatic nitrogens is 3. The molecule has 1 saturated heterocycles. The molecule has 28 heavy (non-hydrogen) atoms. The van der Waals surface area contributed by atoms with Crippen LogP contribution < -0.4 is 10.6 Å². The molecule has 2 N–H and O–H groups in total. The van der Waals surface area contributed by atoms with Crippen LogP contribution in [-0.2, 0) is 28.9 Å². The van der Waals surface area contributed by atoms with Crippen molar-refractivity contribution in [3.8, 4) is 0 Å². The van der Waals surface area contributed by atoms with Crippen LogP contribution in [0.15, 0.2) is 4.99 Å². The van der Waals surface area contributed by atoms with Crippen molar-refractivity contribution in [2.45, 2.75) is 64.1 Å². The maximum absolute atomic E-state index is 12.0. The number of likely N-dealkylation sites (N-methyl/N-ethyl adjacent to an activating group) is 1. The Balaban J connectivity index is 1.60. The van der Waals surface area contributed by atoms with E-state index in [1.807, 2.05) is 4.68 Å². The van der Waals surface area contributed by atoms with Gasteiger partial charge in [-0.2, -0.15) is 5.10 Å². The molecule has 2 unspecified atom stereocenters. The number of fused-ring (bicyclic) bond motifs is 1. The number of hydrogen-bond acceptors (Lipinski definition) is 5. The van der Waals surface area contributed by atoms with Gasteiger partial charge in [-0.15, -0.1) is 0 Å². The van der Waals surface area contributed by atoms with Gasteiger partial charge in [-0.3, -0.25) is 4.79 Å². The van der Waals surface area contributed by atoms with Crippen LogP contribution in [0.3, 0.4) is 0 Å². The van der Waals surface area contributed by atoms with Gasteiger partial charge in [0.1, 0.15) is 12.4 Å². The molecule has 0 radical (unpaired) electrons. The van der Waals surface area contributed by atoms with E-state index in [-0.39, 0.29) is 24.6 Å². The largest absolute Gasteiger partial charge is 0.376 e. The van der Waals surface area contributed by atoms with E-state index in [0.717, 1.165) is 56.9 Å². The van der Waals surface area contributed by atoms with Crippen LogP contribution >= 0.6 is 0 Å². The number of ether oxygens (including phenoxy) is 1. The van der Waals surface area contributed by atoms with Gasteiger partial charge in [0.25, 0.3) is 0 Å². The third-order valence-electron chi connectivity index (χ3n) is 5.20. The lowest BCUT2D eigenvalue weighted by Gasteiger charge is -2.27. The number of aryl methyl sites for hydroxylation is 2. The summed E-state index contributed by atoms with van der Waals surface area (Å²) in [6, 6.07) is 0.201. The summed E-state index contributed by atoms with van der Waals surface area (Å²) in [6.07, 6.45) is 6.29. The fourth-order valence-electron chi connectivity index (χ4n) is 3.44. The predicted molar refractivity (Wildman–Crippen MR) is 107 cm³/mol. The molecule has 9 heteroatoms. The molecule has 0 bridgehead atoms. The van der Waals surface area contributed by atoms with Crippen molar-refractivity contribution in [3.63, 3.8) is 0 Å². The first kappa shape index (κ1) is 20.6. The number of carbonyl (C=O) groups is 1. The standard InChI is InChI=1S/C19H33N7O2/c1-4-16-23-17-9-8-14(13-26(17)24-16)22-19(21-12-18(27)25(2)3)20-11-15-7-5-6-10-28-15/h14-15H,4-13H2,1-3H3,(H2,20,21,22). The van der Waals surface area contributed by atoms with Gasteiger partial charge in [0.05, 0.1) is 12.6 Å². The Labute approximate surface area is 166 Å². The van der Waals surface area contributed by atoms with Crippen LogP contribution in [-0.4, -0.2) is 77.5 Å². The molecule has 3 heterocycles. The van der Waals surface area contributed by atoms with Gasteiger partial charge in [0, 0.05) is 46.1 Å². The second-order valence-electron chi connectivity index (χ2n) is 7.68. The van der Waals surface area contributed by atoms with Crippen LogP contribution in [0.2, 0.25) is 0 Å². The molecule has 1 aromatic rings. The molecule has 1 fully saturated rings. The summed E-state index contributed by atoms with van der Waals surface area (Å²) in [5.74, 6) is 2.59. The van der Waals surface area contributed by atoms with Gasteiger partial charge in [0.15, 0.2) is 11.8 Å². The van der Waals surface area contributed by atoms with Crippen LogP contribution in [0.1, 0.15) is 44.3 Å². The molecule has 1 amide bonds. The van der Waals surface area contributed by atoms with Gasteiger partial charge < -0.3 is 20.3 Å². The zero-order valence-corrected chi connectivity index (χ0v) is 17.3. The predicted octanol–water partition coefficient (Wildman–Crippen LogP) is 0.348. The Bertz CT molecular complexity index is 680. The van der Waals surface area contributed by atoms with E-state index in [0.29, 0.717) is 12.5 Å². The molecule has 156 valence electrons. The summed E-state index contributed by atoms with van der Waals surface area (Å²) in [5, 5.41) is 11.4. The van der Waals surface area contributed by atoms with Crippen molar-refractivity contribution in [2.24, 2.45) is 4.99 Å². The normalized spacial score (nSPS) is 22.5. The second kappa shape index (κ2) is 9.86. The molecule has 9 nitrogen and oxygen atoms in total. The molecule has 3 rings (SSSR count). The fraction of sp³-hybridized carbons (Fsp3) is 0.789. The number of hydrogen-bond donors (Lipinski definition) is 2. The molecule has 0 aromatic carbocycles. The summed E-state index contributed by atoms with van der Waals surface area (Å²) in [4.78, 5) is 22.6. The molecule has 0 saturated carbocycles. The Morgan fingerprint density at radius 3 is 2.93 bits per heavy atom. The van der Waals surface area contributed by atoms with E-state index in [1.54, 1.807) is 19.0 Å². The maximum atomic E-state index is 12.0. The van der Waals surface area contributed by atoms with Gasteiger partial charge in [-0.05, 0) is 25.7 Å². The minimum Gasteiger partial charge on any atom is -0.376 e. The van der Waals surface area contributed by atoms with E-state index in [9.17, 15) is 4.79 Å². The van der Waals surface area contributed by atoms with E-state index >= 15 is 0 Å². The van der Waals surface area contributed by atoms with E-state index < -0.39 is 0 Å². The van der Waals surface area contributed by atoms with Crippen molar-refractivity contribution in [3.05, 3.63) is 11.6 Å². The zero-order chi connectivity index (χ0) is 19.9. The highest BCUT2D eigenvalue weighted by molar-refractivity contribution is 5.84. The molecular weight excluding hydrogens is 358 g/mol. The van der Waals surface area contributed by atoms with Crippen LogP contribution in [0.25, 0.3) is 0 Å². The van der Waals surface area contributed by atoms with Crippen LogP contribution in [0.5, 0.6) is 0 Å². The first-order valence-corrected chi connectivity index (χ1v) is 10.3. The summed E-state index contributed by atoms with van der Waals surface area (Å²) >= 11 is 0. The smallest absolute Gasteiger partial charge is 0.243 e. The van der Waals surface area contributed by atoms with Gasteiger partial charge >= 0.3 is 0 Å². The molecule has 1 aromatic heterocycles. The van der Waals surface area contributed by atoms with E-state index in [2.05, 4.69) is 32.6 Å². The summed E-state index contributed by atoms with van der Waals surface area (Å²) in [5.41, 5.74) is 0. The summed E-state index contributed by atoms with van der Waals surface area (Å²) in [7, 11) is 3.49. The highest BCUT2D eigenvalue weighted by Crippen LogP contribution is 2.14. The van der Waals surface area contributed by atoms with Crippen molar-refractivity contribution in [1.82, 2.24) is 30.3 Å². The van der Waals surface area contributed by atoms with Crippen LogP contribution in [0, 0.1) is 0 Å². The quantitative estimate of drug-likeness (QED) is 0.536. The van der Waals surface area contributed by atoms with Gasteiger partial charge in [0.2, 0.25) is 5.91 Å². The van der Waals surface area contributed by atoms with Crippen molar-refractivity contribution in [1.29, 1.82) is 0 Å². The number of rotatable bonds is 6. The molecule has 0 spiro atoms. The third kappa shape index (κ3) is 5.67. The number of nitrogens with one attached hydrogen (secondary N) is 2. The summed E-state index contributed by atoms with van der Waals surface area (Å²) in [6.45, 7) is 4.46. The number of amides is 1. The average molecular weight is 392 g/mol. The highest BCUT2D eigenvalue weighted by Gasteiger charge is 2.23. The SMILES string of the molecule is CCc1nc2n(n1)CC(NC(=NCC(=O)N(C)C)NCC1CCCCO1)CC2. The zero-order valence-electron chi connectivity index (χ0n) is 17.3. The fourth-order valence-corrected chi connectivity index (χ4v) is 3.44. The molecular formula is C19H33N7O2. The first-order valence-electron chi connectivity index (χ1n) is 10.3. The van der Waals surface area contributed by atoms with E-state index in [1.165, 1.54) is 6.42 Å². The average Bonchev–Trinajstić information content (AvgIpc) is 3.13. The van der Waals surface area contributed by atoms with Crippen molar-refractivity contribution in [2.75, 3.05) is 33.8 Å². The van der Waals surface area contributed by atoms with Gasteiger partial charge in [-0.1, -0.05) is 6.92 Å². The number of aliphatic imine (C=N–C) groups is 1. The second-order valence-corrected chi connectivity index (χ2v) is 7.68. The molecule has 0 aliphatic carbocycles. The summed E-state index contributed by atoms with van der Waals surface area (Å²) < 4.78 is 7.79. The number of guanidine groups is 1. The van der Waals surface area contributed by atoms with Crippen LogP contribution in [0.4, 0.5) is 0 Å². The van der Waals surface area contributed by atoms with Gasteiger partial charge in [-0.25, -0.2) is 14.7 Å². The van der Waals surface area contributed by atoms with Crippen molar-refractivity contribution >= 4 is 11.9 Å². The minimum atomic E-state index is -0.0233. The van der Waals surface area contributed by atoms with E-state index in [4.69, 9.17) is 4.74 Å². The monoisotopic (exact) mass is 391 g/mol. The Kier molecular flexibility index (Phi) is 7.24. The molecule has 2 atom stereocenters. The Morgan fingerprint density at radius 2 is 2.21 bits per heavy atom. The lowest BCUT2D eigenvalue weighted by Crippen LogP contribution is -2.49. The maximum Gasteiger partial charge on any atom is 0.243 e. The topological polar surface area (TPSA) is 96.7 Å². The van der Waals surface area contributed by atoms with Crippen molar-refractivity contribution < 1.29 is 9.53 Å². The third-order valence-corrected chi connectivity index (χ3v) is 5.20. The lowest BCUT2D eigenvalue weighted by atomic mass is 10.1. The number of carbonyl (C=O) groups excluding carboxylic acids is 1. The first-order chi connectivity index (χ1) is 13.5. The number of nitrogens with zero attached hydrogens (tertiary/aromatic N) is 5. The Morgan fingerprint density at radius 1 is 1.36 bits per heavy atom. The molecule has 2 aliphatic heterocycles. The molecule has 2 aliphatic rings. The minimum absolute atomic E-state index is 0.0233. The highest BCUT2D eigenvalue weighted by atomic mass is 16.5.